The lowest BCUT2D eigenvalue weighted by Crippen LogP contribution is -2.31. The third kappa shape index (κ3) is 3.40. The van der Waals surface area contributed by atoms with Crippen molar-refractivity contribution < 1.29 is 17.6 Å². The quantitative estimate of drug-likeness (QED) is 0.768. The van der Waals surface area contributed by atoms with E-state index in [1.807, 2.05) is 4.72 Å². The van der Waals surface area contributed by atoms with Crippen LogP contribution in [0.2, 0.25) is 0 Å². The zero-order chi connectivity index (χ0) is 17.3. The van der Waals surface area contributed by atoms with E-state index in [1.54, 1.807) is 17.8 Å². The van der Waals surface area contributed by atoms with Crippen LogP contribution in [0.25, 0.3) is 11.0 Å². The molecule has 2 aromatic carbocycles. The summed E-state index contributed by atoms with van der Waals surface area (Å²) in [4.78, 5) is 12.1. The van der Waals surface area contributed by atoms with E-state index in [0.717, 1.165) is 17.6 Å². The first-order valence-corrected chi connectivity index (χ1v) is 8.58. The van der Waals surface area contributed by atoms with Crippen LogP contribution in [-0.4, -0.2) is 29.3 Å². The van der Waals surface area contributed by atoms with Crippen LogP contribution in [0.1, 0.15) is 15.9 Å². The third-order valence-corrected chi connectivity index (χ3v) is 4.60. The van der Waals surface area contributed by atoms with Crippen molar-refractivity contribution in [3.8, 4) is 0 Å². The molecule has 3 rings (SSSR count). The number of carbonyl (C=O) groups is 1. The minimum Gasteiger partial charge on any atom is -0.268 e. The Hall–Kier alpha value is -2.81. The molecule has 0 fully saturated rings. The molecule has 0 spiro atoms. The van der Waals surface area contributed by atoms with Crippen LogP contribution < -0.4 is 4.72 Å². The molecule has 0 aliphatic carbocycles. The lowest BCUT2D eigenvalue weighted by Gasteiger charge is -2.07. The van der Waals surface area contributed by atoms with E-state index in [4.69, 9.17) is 0 Å². The number of aryl methyl sites for hydroxylation is 1. The summed E-state index contributed by atoms with van der Waals surface area (Å²) in [5, 5.41) is 7.70. The smallest absolute Gasteiger partial charge is 0.264 e. The van der Waals surface area contributed by atoms with Gasteiger partial charge in [0.05, 0.1) is 11.3 Å². The number of amides is 1. The number of rotatable bonds is 4. The van der Waals surface area contributed by atoms with Crippen molar-refractivity contribution in [1.82, 2.24) is 19.7 Å². The average molecular weight is 348 g/mol. The van der Waals surface area contributed by atoms with Gasteiger partial charge in [-0.05, 0) is 35.9 Å². The maximum Gasteiger partial charge on any atom is 0.264 e. The van der Waals surface area contributed by atoms with E-state index in [0.29, 0.717) is 11.1 Å². The van der Waals surface area contributed by atoms with Gasteiger partial charge in [0.15, 0.2) is 0 Å². The summed E-state index contributed by atoms with van der Waals surface area (Å²) in [7, 11) is -2.20. The fourth-order valence-electron chi connectivity index (χ4n) is 2.22. The number of nitrogens with zero attached hydrogens (tertiary/aromatic N) is 3. The Kier molecular flexibility index (Phi) is 4.02. The van der Waals surface area contributed by atoms with Gasteiger partial charge in [0.2, 0.25) is 10.0 Å². The molecule has 0 radical (unpaired) electrons. The second-order valence-corrected chi connectivity index (χ2v) is 6.96. The summed E-state index contributed by atoms with van der Waals surface area (Å²) in [6.45, 7) is 0. The monoisotopic (exact) mass is 348 g/mol. The third-order valence-electron chi connectivity index (χ3n) is 3.39. The van der Waals surface area contributed by atoms with Gasteiger partial charge in [-0.1, -0.05) is 17.3 Å². The van der Waals surface area contributed by atoms with Crippen LogP contribution in [0.4, 0.5) is 4.39 Å². The molecule has 1 aromatic heterocycles. The van der Waals surface area contributed by atoms with Crippen LogP contribution in [0, 0.1) is 5.82 Å². The second kappa shape index (κ2) is 6.00. The SMILES string of the molecule is Cn1nnc2cc(C(=O)NS(=O)(=O)Cc3ccc(F)cc3)ccc21. The van der Waals surface area contributed by atoms with Gasteiger partial charge in [-0.25, -0.2) is 22.2 Å². The molecule has 3 aromatic rings. The van der Waals surface area contributed by atoms with Crippen molar-refractivity contribution in [2.45, 2.75) is 5.75 Å². The standard InChI is InChI=1S/C15H13FN4O3S/c1-20-14-7-4-11(8-13(14)17-19-20)15(21)18-24(22,23)9-10-2-5-12(16)6-3-10/h2-8H,9H2,1H3,(H,18,21). The summed E-state index contributed by atoms with van der Waals surface area (Å²) in [6.07, 6.45) is 0. The first kappa shape index (κ1) is 16.1. The van der Waals surface area contributed by atoms with Crippen molar-refractivity contribution in [2.75, 3.05) is 0 Å². The molecule has 24 heavy (non-hydrogen) atoms. The minimum atomic E-state index is -3.91. The zero-order valence-corrected chi connectivity index (χ0v) is 13.4. The van der Waals surface area contributed by atoms with Crippen LogP contribution in [-0.2, 0) is 22.8 Å². The molecule has 0 bridgehead atoms. The topological polar surface area (TPSA) is 93.9 Å². The van der Waals surface area contributed by atoms with Gasteiger partial charge in [0.1, 0.15) is 11.3 Å². The molecule has 0 aliphatic heterocycles. The van der Waals surface area contributed by atoms with E-state index >= 15 is 0 Å². The van der Waals surface area contributed by atoms with E-state index in [1.165, 1.54) is 24.3 Å². The van der Waals surface area contributed by atoms with Crippen LogP contribution >= 0.6 is 0 Å². The van der Waals surface area contributed by atoms with E-state index in [2.05, 4.69) is 10.3 Å². The molecule has 124 valence electrons. The predicted molar refractivity (Wildman–Crippen MR) is 85.0 cm³/mol. The lowest BCUT2D eigenvalue weighted by molar-refractivity contribution is 0.0981. The molecule has 0 atom stereocenters. The molecule has 1 N–H and O–H groups in total. The number of hydrogen-bond acceptors (Lipinski definition) is 5. The van der Waals surface area contributed by atoms with Gasteiger partial charge >= 0.3 is 0 Å². The second-order valence-electron chi connectivity index (χ2n) is 5.23. The predicted octanol–water partition coefficient (Wildman–Crippen LogP) is 1.37. The average Bonchev–Trinajstić information content (AvgIpc) is 2.90. The largest absolute Gasteiger partial charge is 0.268 e. The van der Waals surface area contributed by atoms with Gasteiger partial charge in [0.25, 0.3) is 5.91 Å². The summed E-state index contributed by atoms with van der Waals surface area (Å²) >= 11 is 0. The van der Waals surface area contributed by atoms with Gasteiger partial charge in [-0.3, -0.25) is 4.79 Å². The maximum absolute atomic E-state index is 12.8. The maximum atomic E-state index is 12.8. The number of benzene rings is 2. The van der Waals surface area contributed by atoms with Gasteiger partial charge in [-0.2, -0.15) is 0 Å². The number of halogens is 1. The van der Waals surface area contributed by atoms with Crippen molar-refractivity contribution in [3.05, 3.63) is 59.4 Å². The van der Waals surface area contributed by atoms with Crippen molar-refractivity contribution in [2.24, 2.45) is 7.05 Å². The molecule has 1 amide bonds. The highest BCUT2D eigenvalue weighted by molar-refractivity contribution is 7.89. The number of aromatic nitrogens is 3. The molecule has 0 saturated carbocycles. The molecule has 7 nitrogen and oxygen atoms in total. The first-order chi connectivity index (χ1) is 11.3. The summed E-state index contributed by atoms with van der Waals surface area (Å²) < 4.78 is 40.5. The number of carbonyl (C=O) groups excluding carboxylic acids is 1. The summed E-state index contributed by atoms with van der Waals surface area (Å²) in [5.74, 6) is -1.64. The van der Waals surface area contributed by atoms with Crippen molar-refractivity contribution in [3.63, 3.8) is 0 Å². The molecule has 0 unspecified atom stereocenters. The van der Waals surface area contributed by atoms with Crippen LogP contribution in [0.15, 0.2) is 42.5 Å². The van der Waals surface area contributed by atoms with Crippen LogP contribution in [0.3, 0.4) is 0 Å². The Morgan fingerprint density at radius 3 is 2.62 bits per heavy atom. The molecular formula is C15H13FN4O3S. The zero-order valence-electron chi connectivity index (χ0n) is 12.6. The molecule has 9 heteroatoms. The Balaban J connectivity index is 1.77. The highest BCUT2D eigenvalue weighted by Gasteiger charge is 2.18. The van der Waals surface area contributed by atoms with Gasteiger partial charge in [0, 0.05) is 12.6 Å². The Morgan fingerprint density at radius 2 is 1.92 bits per heavy atom. The fourth-order valence-corrected chi connectivity index (χ4v) is 3.32. The van der Waals surface area contributed by atoms with E-state index < -0.39 is 27.5 Å². The first-order valence-electron chi connectivity index (χ1n) is 6.93. The Morgan fingerprint density at radius 1 is 1.21 bits per heavy atom. The van der Waals surface area contributed by atoms with E-state index in [9.17, 15) is 17.6 Å². The lowest BCUT2D eigenvalue weighted by atomic mass is 10.2. The summed E-state index contributed by atoms with van der Waals surface area (Å²) in [5.41, 5.74) is 1.74. The van der Waals surface area contributed by atoms with Gasteiger partial charge < -0.3 is 0 Å². The van der Waals surface area contributed by atoms with Crippen LogP contribution in [0.5, 0.6) is 0 Å². The number of nitrogens with one attached hydrogen (secondary N) is 1. The van der Waals surface area contributed by atoms with Crippen molar-refractivity contribution in [1.29, 1.82) is 0 Å². The Bertz CT molecular complexity index is 1010. The highest BCUT2D eigenvalue weighted by Crippen LogP contribution is 2.13. The molecule has 0 saturated heterocycles. The molecule has 1 heterocycles. The highest BCUT2D eigenvalue weighted by atomic mass is 32.2. The van der Waals surface area contributed by atoms with Crippen molar-refractivity contribution >= 4 is 27.0 Å². The van der Waals surface area contributed by atoms with E-state index in [-0.39, 0.29) is 5.56 Å². The number of fused-ring (bicyclic) bond motifs is 1. The number of hydrogen-bond donors (Lipinski definition) is 1. The fraction of sp³-hybridized carbons (Fsp3) is 0.133. The van der Waals surface area contributed by atoms with Gasteiger partial charge in [-0.15, -0.1) is 5.10 Å². The molecular weight excluding hydrogens is 335 g/mol. The normalized spacial score (nSPS) is 11.6. The summed E-state index contributed by atoms with van der Waals surface area (Å²) in [6, 6.07) is 9.62. The molecule has 0 aliphatic rings. The number of sulfonamides is 1. The Labute approximate surface area is 137 Å². The minimum absolute atomic E-state index is 0.158.